The predicted molar refractivity (Wildman–Crippen MR) is 97.2 cm³/mol. The highest BCUT2D eigenvalue weighted by Gasteiger charge is 2.16. The quantitative estimate of drug-likeness (QED) is 0.719. The number of anilines is 1. The summed E-state index contributed by atoms with van der Waals surface area (Å²) in [4.78, 5) is 24.2. The summed E-state index contributed by atoms with van der Waals surface area (Å²) in [6, 6.07) is 7.78. The Balaban J connectivity index is 1.86. The van der Waals surface area contributed by atoms with E-state index < -0.39 is 0 Å². The summed E-state index contributed by atoms with van der Waals surface area (Å²) < 4.78 is 0. The minimum atomic E-state index is -0.0404. The molecule has 3 N–H and O–H groups in total. The van der Waals surface area contributed by atoms with Gasteiger partial charge in [-0.05, 0) is 44.4 Å². The van der Waals surface area contributed by atoms with Crippen molar-refractivity contribution in [3.63, 3.8) is 0 Å². The van der Waals surface area contributed by atoms with E-state index in [1.165, 1.54) is 19.3 Å². The van der Waals surface area contributed by atoms with Gasteiger partial charge in [-0.1, -0.05) is 32.3 Å². The average molecular weight is 331 g/mol. The number of rotatable bonds is 7. The first kappa shape index (κ1) is 18.3. The van der Waals surface area contributed by atoms with E-state index in [1.807, 2.05) is 32.0 Å². The number of carbonyl (C=O) groups is 2. The Morgan fingerprint density at radius 1 is 1.21 bits per heavy atom. The van der Waals surface area contributed by atoms with Gasteiger partial charge in [-0.25, -0.2) is 0 Å². The molecule has 1 saturated carbocycles. The van der Waals surface area contributed by atoms with Crippen LogP contribution < -0.4 is 16.0 Å². The molecule has 0 radical (unpaired) electrons. The van der Waals surface area contributed by atoms with Crippen LogP contribution in [0.2, 0.25) is 0 Å². The number of hydrogen-bond acceptors (Lipinski definition) is 3. The second-order valence-electron chi connectivity index (χ2n) is 6.62. The van der Waals surface area contributed by atoms with Crippen LogP contribution in [0.1, 0.15) is 62.7 Å². The second kappa shape index (κ2) is 9.30. The predicted octanol–water partition coefficient (Wildman–Crippen LogP) is 3.08. The van der Waals surface area contributed by atoms with E-state index in [-0.39, 0.29) is 24.4 Å². The van der Waals surface area contributed by atoms with Crippen molar-refractivity contribution in [1.82, 2.24) is 10.6 Å². The Kier molecular flexibility index (Phi) is 7.09. The third-order valence-electron chi connectivity index (χ3n) is 4.54. The van der Waals surface area contributed by atoms with Crippen molar-refractivity contribution in [2.75, 3.05) is 11.9 Å². The standard InChI is InChI=1S/C19H29N3O2/c1-3-14(2)21-18(23)13-20-17-11-7-8-15(12-17)19(24)22-16-9-5-4-6-10-16/h7-8,11-12,14,16,20H,3-6,9-10,13H2,1-2H3,(H,21,23)(H,22,24). The Hall–Kier alpha value is -2.04. The molecule has 0 heterocycles. The molecular formula is C19H29N3O2. The summed E-state index contributed by atoms with van der Waals surface area (Å²) in [5.41, 5.74) is 1.42. The maximum atomic E-state index is 12.4. The molecule has 0 bridgehead atoms. The number of benzene rings is 1. The molecule has 0 saturated heterocycles. The number of nitrogens with one attached hydrogen (secondary N) is 3. The SMILES string of the molecule is CCC(C)NC(=O)CNc1cccc(C(=O)NC2CCCCC2)c1. The number of carbonyl (C=O) groups excluding carboxylic acids is 2. The first-order chi connectivity index (χ1) is 11.6. The summed E-state index contributed by atoms with van der Waals surface area (Å²) in [7, 11) is 0. The van der Waals surface area contributed by atoms with Crippen LogP contribution in [0.25, 0.3) is 0 Å². The lowest BCUT2D eigenvalue weighted by Gasteiger charge is -2.22. The molecule has 0 spiro atoms. The topological polar surface area (TPSA) is 70.2 Å². The minimum absolute atomic E-state index is 0.0328. The Labute approximate surface area is 144 Å². The minimum Gasteiger partial charge on any atom is -0.376 e. The van der Waals surface area contributed by atoms with Crippen molar-refractivity contribution >= 4 is 17.5 Å². The Morgan fingerprint density at radius 2 is 1.96 bits per heavy atom. The first-order valence-corrected chi connectivity index (χ1v) is 9.02. The lowest BCUT2D eigenvalue weighted by Crippen LogP contribution is -2.36. The van der Waals surface area contributed by atoms with Crippen LogP contribution in [0, 0.1) is 0 Å². The molecule has 5 heteroatoms. The van der Waals surface area contributed by atoms with Gasteiger partial charge in [0.1, 0.15) is 0 Å². The van der Waals surface area contributed by atoms with Crippen molar-refractivity contribution in [2.45, 2.75) is 64.5 Å². The van der Waals surface area contributed by atoms with Crippen molar-refractivity contribution in [3.8, 4) is 0 Å². The van der Waals surface area contributed by atoms with E-state index in [4.69, 9.17) is 0 Å². The molecule has 2 rings (SSSR count). The van der Waals surface area contributed by atoms with E-state index in [2.05, 4.69) is 16.0 Å². The third kappa shape index (κ3) is 5.87. The van der Waals surface area contributed by atoms with E-state index in [0.29, 0.717) is 11.6 Å². The zero-order chi connectivity index (χ0) is 17.4. The highest BCUT2D eigenvalue weighted by atomic mass is 16.2. The van der Waals surface area contributed by atoms with Gasteiger partial charge in [0.2, 0.25) is 5.91 Å². The molecule has 1 fully saturated rings. The fourth-order valence-corrected chi connectivity index (χ4v) is 2.90. The van der Waals surface area contributed by atoms with Gasteiger partial charge in [-0.3, -0.25) is 9.59 Å². The van der Waals surface area contributed by atoms with Crippen LogP contribution >= 0.6 is 0 Å². The van der Waals surface area contributed by atoms with E-state index in [1.54, 1.807) is 6.07 Å². The van der Waals surface area contributed by atoms with E-state index in [0.717, 1.165) is 24.9 Å². The molecule has 132 valence electrons. The summed E-state index contributed by atoms with van der Waals surface area (Å²) in [6.07, 6.45) is 6.70. The summed E-state index contributed by atoms with van der Waals surface area (Å²) in [5.74, 6) is -0.0731. The van der Waals surface area contributed by atoms with Crippen LogP contribution in [-0.2, 0) is 4.79 Å². The molecular weight excluding hydrogens is 302 g/mol. The molecule has 0 aliphatic heterocycles. The maximum absolute atomic E-state index is 12.4. The maximum Gasteiger partial charge on any atom is 0.251 e. The van der Waals surface area contributed by atoms with Crippen molar-refractivity contribution in [3.05, 3.63) is 29.8 Å². The van der Waals surface area contributed by atoms with Gasteiger partial charge in [0.05, 0.1) is 6.54 Å². The Morgan fingerprint density at radius 3 is 2.67 bits per heavy atom. The molecule has 1 aliphatic carbocycles. The number of hydrogen-bond donors (Lipinski definition) is 3. The zero-order valence-electron chi connectivity index (χ0n) is 14.7. The molecule has 24 heavy (non-hydrogen) atoms. The number of amides is 2. The van der Waals surface area contributed by atoms with Gasteiger partial charge in [0, 0.05) is 23.3 Å². The Bertz CT molecular complexity index is 553. The lowest BCUT2D eigenvalue weighted by molar-refractivity contribution is -0.120. The van der Waals surface area contributed by atoms with Crippen LogP contribution in [0.5, 0.6) is 0 Å². The van der Waals surface area contributed by atoms with Crippen LogP contribution in [-0.4, -0.2) is 30.4 Å². The fourth-order valence-electron chi connectivity index (χ4n) is 2.90. The van der Waals surface area contributed by atoms with E-state index >= 15 is 0 Å². The van der Waals surface area contributed by atoms with Crippen molar-refractivity contribution in [1.29, 1.82) is 0 Å². The molecule has 2 amide bonds. The van der Waals surface area contributed by atoms with Crippen molar-refractivity contribution < 1.29 is 9.59 Å². The average Bonchev–Trinajstić information content (AvgIpc) is 2.61. The van der Waals surface area contributed by atoms with Gasteiger partial charge >= 0.3 is 0 Å². The summed E-state index contributed by atoms with van der Waals surface area (Å²) >= 11 is 0. The fraction of sp³-hybridized carbons (Fsp3) is 0.579. The van der Waals surface area contributed by atoms with Gasteiger partial charge < -0.3 is 16.0 Å². The zero-order valence-corrected chi connectivity index (χ0v) is 14.7. The summed E-state index contributed by atoms with van der Waals surface area (Å²) in [6.45, 7) is 4.22. The molecule has 1 aromatic carbocycles. The first-order valence-electron chi connectivity index (χ1n) is 9.02. The van der Waals surface area contributed by atoms with Gasteiger partial charge in [0.25, 0.3) is 5.91 Å². The lowest BCUT2D eigenvalue weighted by atomic mass is 9.95. The molecule has 1 aromatic rings. The highest BCUT2D eigenvalue weighted by molar-refractivity contribution is 5.95. The van der Waals surface area contributed by atoms with Crippen molar-refractivity contribution in [2.24, 2.45) is 0 Å². The monoisotopic (exact) mass is 331 g/mol. The van der Waals surface area contributed by atoms with Gasteiger partial charge in [0.15, 0.2) is 0 Å². The molecule has 1 atom stereocenters. The van der Waals surface area contributed by atoms with Gasteiger partial charge in [-0.15, -0.1) is 0 Å². The van der Waals surface area contributed by atoms with Gasteiger partial charge in [-0.2, -0.15) is 0 Å². The summed E-state index contributed by atoms with van der Waals surface area (Å²) in [5, 5.41) is 9.11. The smallest absolute Gasteiger partial charge is 0.251 e. The molecule has 5 nitrogen and oxygen atoms in total. The largest absolute Gasteiger partial charge is 0.376 e. The second-order valence-corrected chi connectivity index (χ2v) is 6.62. The molecule has 1 aliphatic rings. The van der Waals surface area contributed by atoms with Crippen LogP contribution in [0.4, 0.5) is 5.69 Å². The molecule has 0 aromatic heterocycles. The third-order valence-corrected chi connectivity index (χ3v) is 4.54. The van der Waals surface area contributed by atoms with Crippen LogP contribution in [0.3, 0.4) is 0 Å². The van der Waals surface area contributed by atoms with E-state index in [9.17, 15) is 9.59 Å². The molecule has 1 unspecified atom stereocenters. The highest BCUT2D eigenvalue weighted by Crippen LogP contribution is 2.18. The van der Waals surface area contributed by atoms with Crippen LogP contribution in [0.15, 0.2) is 24.3 Å². The normalized spacial score (nSPS) is 16.2.